The molecule has 94 valence electrons. The van der Waals surface area contributed by atoms with Gasteiger partial charge in [-0.05, 0) is 6.92 Å². The SMILES string of the molecule is CCN(CCOC)C(=O)CC1CSCCN1. The summed E-state index contributed by atoms with van der Waals surface area (Å²) in [6.07, 6.45) is 0.616. The second-order valence-electron chi connectivity index (χ2n) is 3.90. The third-order valence-corrected chi connectivity index (χ3v) is 3.85. The average Bonchev–Trinajstić information content (AvgIpc) is 2.31. The van der Waals surface area contributed by atoms with Crippen LogP contribution in [0.15, 0.2) is 0 Å². The minimum atomic E-state index is 0.236. The highest BCUT2D eigenvalue weighted by Gasteiger charge is 2.19. The van der Waals surface area contributed by atoms with E-state index in [4.69, 9.17) is 4.74 Å². The van der Waals surface area contributed by atoms with Crippen LogP contribution in [0.4, 0.5) is 0 Å². The van der Waals surface area contributed by atoms with Crippen molar-refractivity contribution in [2.45, 2.75) is 19.4 Å². The summed E-state index contributed by atoms with van der Waals surface area (Å²) in [4.78, 5) is 13.8. The van der Waals surface area contributed by atoms with Crippen molar-refractivity contribution in [2.24, 2.45) is 0 Å². The zero-order valence-corrected chi connectivity index (χ0v) is 11.0. The first-order valence-corrected chi connectivity index (χ1v) is 7.01. The quantitative estimate of drug-likeness (QED) is 0.744. The van der Waals surface area contributed by atoms with Gasteiger partial charge >= 0.3 is 0 Å². The molecule has 1 fully saturated rings. The number of likely N-dealkylation sites (N-methyl/N-ethyl adjacent to an activating group) is 1. The zero-order valence-electron chi connectivity index (χ0n) is 10.2. The number of carbonyl (C=O) groups is 1. The van der Waals surface area contributed by atoms with Gasteiger partial charge in [0.1, 0.15) is 0 Å². The van der Waals surface area contributed by atoms with Gasteiger partial charge in [0.15, 0.2) is 0 Å². The maximum absolute atomic E-state index is 12.0. The number of nitrogens with zero attached hydrogens (tertiary/aromatic N) is 1. The largest absolute Gasteiger partial charge is 0.383 e. The van der Waals surface area contributed by atoms with Gasteiger partial charge in [0.05, 0.1) is 6.61 Å². The van der Waals surface area contributed by atoms with Crippen LogP contribution in [0, 0.1) is 0 Å². The summed E-state index contributed by atoms with van der Waals surface area (Å²) in [5, 5.41) is 3.39. The van der Waals surface area contributed by atoms with E-state index in [0.29, 0.717) is 25.6 Å². The molecule has 0 spiro atoms. The Bertz CT molecular complexity index is 208. The highest BCUT2D eigenvalue weighted by Crippen LogP contribution is 2.11. The molecule has 1 amide bonds. The van der Waals surface area contributed by atoms with Crippen molar-refractivity contribution in [1.29, 1.82) is 0 Å². The van der Waals surface area contributed by atoms with E-state index in [9.17, 15) is 4.79 Å². The van der Waals surface area contributed by atoms with Crippen LogP contribution in [0.25, 0.3) is 0 Å². The lowest BCUT2D eigenvalue weighted by molar-refractivity contribution is -0.132. The molecular formula is C11H22N2O2S. The first kappa shape index (κ1) is 13.8. The van der Waals surface area contributed by atoms with Gasteiger partial charge in [0.25, 0.3) is 0 Å². The molecule has 1 heterocycles. The van der Waals surface area contributed by atoms with E-state index >= 15 is 0 Å². The molecule has 16 heavy (non-hydrogen) atoms. The van der Waals surface area contributed by atoms with Gasteiger partial charge in [-0.25, -0.2) is 0 Å². The standard InChI is InChI=1S/C11H22N2O2S/c1-3-13(5-6-15-2)11(14)8-10-9-16-7-4-12-10/h10,12H,3-9H2,1-2H3. The van der Waals surface area contributed by atoms with Crippen LogP contribution < -0.4 is 5.32 Å². The van der Waals surface area contributed by atoms with E-state index in [2.05, 4.69) is 5.32 Å². The minimum Gasteiger partial charge on any atom is -0.383 e. The number of rotatable bonds is 6. The normalized spacial score (nSPS) is 20.8. The van der Waals surface area contributed by atoms with Gasteiger partial charge in [-0.3, -0.25) is 4.79 Å². The van der Waals surface area contributed by atoms with E-state index in [1.54, 1.807) is 7.11 Å². The van der Waals surface area contributed by atoms with Gasteiger partial charge in [-0.2, -0.15) is 11.8 Å². The topological polar surface area (TPSA) is 41.6 Å². The number of nitrogens with one attached hydrogen (secondary N) is 1. The number of hydrogen-bond donors (Lipinski definition) is 1. The second-order valence-corrected chi connectivity index (χ2v) is 5.05. The van der Waals surface area contributed by atoms with Crippen LogP contribution >= 0.6 is 11.8 Å². The molecule has 1 aliphatic heterocycles. The maximum Gasteiger partial charge on any atom is 0.224 e. The summed E-state index contributed by atoms with van der Waals surface area (Å²) in [6, 6.07) is 0.350. The predicted octanol–water partition coefficient (Wildman–Crippen LogP) is 0.576. The average molecular weight is 246 g/mol. The summed E-state index contributed by atoms with van der Waals surface area (Å²) in [6.45, 7) is 5.11. The molecule has 0 aromatic rings. The van der Waals surface area contributed by atoms with E-state index in [0.717, 1.165) is 24.6 Å². The third-order valence-electron chi connectivity index (χ3n) is 2.72. The Morgan fingerprint density at radius 3 is 3.00 bits per heavy atom. The first-order chi connectivity index (χ1) is 7.77. The number of methoxy groups -OCH3 is 1. The Labute approximate surface area is 102 Å². The number of carbonyl (C=O) groups excluding carboxylic acids is 1. The number of amides is 1. The van der Waals surface area contributed by atoms with Gasteiger partial charge in [-0.15, -0.1) is 0 Å². The minimum absolute atomic E-state index is 0.236. The maximum atomic E-state index is 12.0. The van der Waals surface area contributed by atoms with Crippen molar-refractivity contribution < 1.29 is 9.53 Å². The van der Waals surface area contributed by atoms with Crippen LogP contribution in [-0.4, -0.2) is 61.7 Å². The fourth-order valence-electron chi connectivity index (χ4n) is 1.75. The van der Waals surface area contributed by atoms with Gasteiger partial charge in [0, 0.05) is 50.7 Å². The third kappa shape index (κ3) is 4.72. The van der Waals surface area contributed by atoms with Crippen molar-refractivity contribution >= 4 is 17.7 Å². The molecule has 1 N–H and O–H groups in total. The van der Waals surface area contributed by atoms with Crippen LogP contribution in [0.1, 0.15) is 13.3 Å². The number of ether oxygens (including phenoxy) is 1. The smallest absolute Gasteiger partial charge is 0.224 e. The molecule has 5 heteroatoms. The van der Waals surface area contributed by atoms with Crippen LogP contribution in [0.3, 0.4) is 0 Å². The summed E-state index contributed by atoms with van der Waals surface area (Å²) in [5.41, 5.74) is 0. The molecule has 1 aliphatic rings. The second kappa shape index (κ2) is 7.92. The van der Waals surface area contributed by atoms with Crippen molar-refractivity contribution in [3.8, 4) is 0 Å². The molecule has 1 atom stereocenters. The lowest BCUT2D eigenvalue weighted by atomic mass is 10.2. The van der Waals surface area contributed by atoms with Gasteiger partial charge in [-0.1, -0.05) is 0 Å². The first-order valence-electron chi connectivity index (χ1n) is 5.85. The molecule has 0 saturated carbocycles. The summed E-state index contributed by atoms with van der Waals surface area (Å²) < 4.78 is 5.00. The fraction of sp³-hybridized carbons (Fsp3) is 0.909. The Morgan fingerprint density at radius 1 is 1.62 bits per heavy atom. The van der Waals surface area contributed by atoms with E-state index in [1.807, 2.05) is 23.6 Å². The summed E-state index contributed by atoms with van der Waals surface area (Å²) >= 11 is 1.92. The Kier molecular flexibility index (Phi) is 6.84. The van der Waals surface area contributed by atoms with Crippen molar-refractivity contribution in [2.75, 3.05) is 44.9 Å². The fourth-order valence-corrected chi connectivity index (χ4v) is 2.70. The predicted molar refractivity (Wildman–Crippen MR) is 67.9 cm³/mol. The van der Waals surface area contributed by atoms with Crippen LogP contribution in [-0.2, 0) is 9.53 Å². The van der Waals surface area contributed by atoms with E-state index < -0.39 is 0 Å². The molecule has 0 aromatic heterocycles. The Balaban J connectivity index is 2.29. The Morgan fingerprint density at radius 2 is 2.44 bits per heavy atom. The van der Waals surface area contributed by atoms with E-state index in [1.165, 1.54) is 0 Å². The summed E-state index contributed by atoms with van der Waals surface area (Å²) in [5.74, 6) is 2.44. The van der Waals surface area contributed by atoms with Crippen LogP contribution in [0.2, 0.25) is 0 Å². The molecule has 0 bridgehead atoms. The molecule has 0 aliphatic carbocycles. The van der Waals surface area contributed by atoms with Gasteiger partial charge < -0.3 is 15.0 Å². The highest BCUT2D eigenvalue weighted by atomic mass is 32.2. The van der Waals surface area contributed by atoms with Crippen LogP contribution in [0.5, 0.6) is 0 Å². The lowest BCUT2D eigenvalue weighted by Gasteiger charge is -2.26. The highest BCUT2D eigenvalue weighted by molar-refractivity contribution is 7.99. The molecule has 1 unspecified atom stereocenters. The van der Waals surface area contributed by atoms with E-state index in [-0.39, 0.29) is 5.91 Å². The molecule has 1 saturated heterocycles. The molecule has 0 aromatic carbocycles. The number of thioether (sulfide) groups is 1. The molecule has 0 radical (unpaired) electrons. The molecule has 1 rings (SSSR count). The summed E-state index contributed by atoms with van der Waals surface area (Å²) in [7, 11) is 1.66. The zero-order chi connectivity index (χ0) is 11.8. The van der Waals surface area contributed by atoms with Crippen molar-refractivity contribution in [1.82, 2.24) is 10.2 Å². The van der Waals surface area contributed by atoms with Crippen molar-refractivity contribution in [3.63, 3.8) is 0 Å². The number of hydrogen-bond acceptors (Lipinski definition) is 4. The van der Waals surface area contributed by atoms with Gasteiger partial charge in [0.2, 0.25) is 5.91 Å². The van der Waals surface area contributed by atoms with Crippen molar-refractivity contribution in [3.05, 3.63) is 0 Å². The molecular weight excluding hydrogens is 224 g/mol. The molecule has 4 nitrogen and oxygen atoms in total. The monoisotopic (exact) mass is 246 g/mol. The lowest BCUT2D eigenvalue weighted by Crippen LogP contribution is -2.43. The Hall–Kier alpha value is -0.260.